The lowest BCUT2D eigenvalue weighted by Crippen LogP contribution is -2.00. The Hall–Kier alpha value is -2.33. The van der Waals surface area contributed by atoms with Crippen LogP contribution < -0.4 is 0 Å². The van der Waals surface area contributed by atoms with Crippen LogP contribution in [0.5, 0.6) is 0 Å². The van der Waals surface area contributed by atoms with E-state index in [2.05, 4.69) is 0 Å². The second-order valence-corrected chi connectivity index (χ2v) is 7.31. The standard InChI is InChI=1S/C21H19ClF2N2/c1-11-5-6-17(23)20-15(11)10-14(26(20)4)8-13-9-18(24)21-16(19(13)22)7-12(2)25(21)3/h5-7,9-10H,8H2,1-4H3. The van der Waals surface area contributed by atoms with E-state index in [1.807, 2.05) is 44.6 Å². The van der Waals surface area contributed by atoms with Crippen LogP contribution >= 0.6 is 11.6 Å². The molecule has 0 amide bonds. The molecule has 0 aliphatic heterocycles. The van der Waals surface area contributed by atoms with Gasteiger partial charge in [0.2, 0.25) is 0 Å². The molecule has 134 valence electrons. The van der Waals surface area contributed by atoms with Gasteiger partial charge in [0.1, 0.15) is 11.6 Å². The molecule has 0 saturated heterocycles. The van der Waals surface area contributed by atoms with Crippen molar-refractivity contribution in [1.82, 2.24) is 9.13 Å². The van der Waals surface area contributed by atoms with Crippen LogP contribution in [0.25, 0.3) is 21.8 Å². The van der Waals surface area contributed by atoms with E-state index in [4.69, 9.17) is 11.6 Å². The van der Waals surface area contributed by atoms with Gasteiger partial charge in [0, 0.05) is 42.7 Å². The Balaban J connectivity index is 1.90. The van der Waals surface area contributed by atoms with Gasteiger partial charge >= 0.3 is 0 Å². The van der Waals surface area contributed by atoms with Crippen molar-refractivity contribution in [3.63, 3.8) is 0 Å². The van der Waals surface area contributed by atoms with Gasteiger partial charge in [-0.3, -0.25) is 0 Å². The Labute approximate surface area is 155 Å². The molecule has 2 aromatic heterocycles. The molecule has 0 spiro atoms. The Bertz CT molecular complexity index is 1180. The maximum Gasteiger partial charge on any atom is 0.147 e. The Morgan fingerprint density at radius 3 is 2.27 bits per heavy atom. The average Bonchev–Trinajstić information content (AvgIpc) is 3.08. The highest BCUT2D eigenvalue weighted by Gasteiger charge is 2.18. The molecule has 4 aromatic rings. The monoisotopic (exact) mass is 372 g/mol. The van der Waals surface area contributed by atoms with E-state index in [0.717, 1.165) is 22.3 Å². The van der Waals surface area contributed by atoms with Gasteiger partial charge in [0.05, 0.1) is 16.1 Å². The highest BCUT2D eigenvalue weighted by atomic mass is 35.5. The summed E-state index contributed by atoms with van der Waals surface area (Å²) in [5.41, 5.74) is 4.62. The highest BCUT2D eigenvalue weighted by molar-refractivity contribution is 6.36. The smallest absolute Gasteiger partial charge is 0.147 e. The van der Waals surface area contributed by atoms with Crippen molar-refractivity contribution in [3.8, 4) is 0 Å². The maximum absolute atomic E-state index is 14.7. The number of aromatic nitrogens is 2. The van der Waals surface area contributed by atoms with Crippen molar-refractivity contribution >= 4 is 33.4 Å². The van der Waals surface area contributed by atoms with Gasteiger partial charge in [-0.2, -0.15) is 0 Å². The summed E-state index contributed by atoms with van der Waals surface area (Å²) < 4.78 is 32.6. The van der Waals surface area contributed by atoms with Crippen LogP contribution in [0, 0.1) is 25.5 Å². The first-order valence-corrected chi connectivity index (χ1v) is 8.83. The van der Waals surface area contributed by atoms with Gasteiger partial charge in [-0.1, -0.05) is 17.7 Å². The molecule has 0 fully saturated rings. The summed E-state index contributed by atoms with van der Waals surface area (Å²) >= 11 is 6.60. The first-order valence-electron chi connectivity index (χ1n) is 8.46. The quantitative estimate of drug-likeness (QED) is 0.420. The largest absolute Gasteiger partial charge is 0.346 e. The summed E-state index contributed by atoms with van der Waals surface area (Å²) in [6.45, 7) is 3.88. The molecular weight excluding hydrogens is 354 g/mol. The minimum atomic E-state index is -0.295. The van der Waals surface area contributed by atoms with Crippen LogP contribution in [0.3, 0.4) is 0 Å². The molecule has 0 saturated carbocycles. The van der Waals surface area contributed by atoms with E-state index in [9.17, 15) is 8.78 Å². The SMILES string of the molecule is Cc1ccc(F)c2c1cc(Cc1cc(F)c3c(cc(C)n3C)c1Cl)n2C. The first-order chi connectivity index (χ1) is 12.3. The van der Waals surface area contributed by atoms with Gasteiger partial charge in [0.25, 0.3) is 0 Å². The second-order valence-electron chi connectivity index (χ2n) is 6.94. The lowest BCUT2D eigenvalue weighted by atomic mass is 10.1. The molecule has 0 aliphatic carbocycles. The minimum Gasteiger partial charge on any atom is -0.346 e. The van der Waals surface area contributed by atoms with Crippen molar-refractivity contribution in [2.75, 3.05) is 0 Å². The Morgan fingerprint density at radius 2 is 1.58 bits per heavy atom. The zero-order chi connectivity index (χ0) is 18.7. The predicted octanol–water partition coefficient (Wildman–Crippen LogP) is 5.81. The molecule has 2 nitrogen and oxygen atoms in total. The van der Waals surface area contributed by atoms with Crippen molar-refractivity contribution in [2.24, 2.45) is 14.1 Å². The van der Waals surface area contributed by atoms with E-state index in [1.165, 1.54) is 12.1 Å². The predicted molar refractivity (Wildman–Crippen MR) is 103 cm³/mol. The normalized spacial score (nSPS) is 11.8. The number of aryl methyl sites for hydroxylation is 4. The number of halogens is 3. The van der Waals surface area contributed by atoms with Crippen molar-refractivity contribution < 1.29 is 8.78 Å². The van der Waals surface area contributed by atoms with Gasteiger partial charge in [-0.25, -0.2) is 8.78 Å². The van der Waals surface area contributed by atoms with Gasteiger partial charge in [0.15, 0.2) is 0 Å². The second kappa shape index (κ2) is 5.85. The number of rotatable bonds is 2. The topological polar surface area (TPSA) is 9.86 Å². The summed E-state index contributed by atoms with van der Waals surface area (Å²) in [7, 11) is 3.65. The van der Waals surface area contributed by atoms with Gasteiger partial charge < -0.3 is 9.13 Å². The van der Waals surface area contributed by atoms with Crippen LogP contribution in [0.4, 0.5) is 8.78 Å². The summed E-state index contributed by atoms with van der Waals surface area (Å²) in [5.74, 6) is -0.554. The molecule has 0 aliphatic rings. The average molecular weight is 373 g/mol. The number of hydrogen-bond acceptors (Lipinski definition) is 0. The summed E-state index contributed by atoms with van der Waals surface area (Å²) in [6, 6.07) is 8.60. The lowest BCUT2D eigenvalue weighted by Gasteiger charge is -2.09. The number of fused-ring (bicyclic) bond motifs is 2. The van der Waals surface area contributed by atoms with Crippen LogP contribution in [0.2, 0.25) is 5.02 Å². The van der Waals surface area contributed by atoms with Gasteiger partial charge in [-0.05, 0) is 49.2 Å². The zero-order valence-corrected chi connectivity index (χ0v) is 15.9. The fourth-order valence-corrected chi connectivity index (χ4v) is 4.02. The lowest BCUT2D eigenvalue weighted by molar-refractivity contribution is 0.627. The van der Waals surface area contributed by atoms with E-state index in [0.29, 0.717) is 33.4 Å². The summed E-state index contributed by atoms with van der Waals surface area (Å²) in [5, 5.41) is 2.13. The molecule has 0 unspecified atom stereocenters. The molecule has 26 heavy (non-hydrogen) atoms. The van der Waals surface area contributed by atoms with Crippen LogP contribution in [0.15, 0.2) is 30.3 Å². The molecule has 0 atom stereocenters. The molecule has 4 rings (SSSR count). The third kappa shape index (κ3) is 2.36. The number of hydrogen-bond donors (Lipinski definition) is 0. The van der Waals surface area contributed by atoms with Crippen LogP contribution in [-0.4, -0.2) is 9.13 Å². The Morgan fingerprint density at radius 1 is 0.885 bits per heavy atom. The third-order valence-corrected chi connectivity index (χ3v) is 5.80. The van der Waals surface area contributed by atoms with Crippen molar-refractivity contribution in [3.05, 3.63) is 69.5 Å². The van der Waals surface area contributed by atoms with Crippen LogP contribution in [0.1, 0.15) is 22.5 Å². The van der Waals surface area contributed by atoms with E-state index in [-0.39, 0.29) is 11.6 Å². The maximum atomic E-state index is 14.7. The molecule has 0 radical (unpaired) electrons. The van der Waals surface area contributed by atoms with E-state index in [1.54, 1.807) is 10.6 Å². The third-order valence-electron chi connectivity index (χ3n) is 5.35. The minimum absolute atomic E-state index is 0.259. The first kappa shape index (κ1) is 17.1. The summed E-state index contributed by atoms with van der Waals surface area (Å²) in [6.07, 6.45) is 0.434. The van der Waals surface area contributed by atoms with Gasteiger partial charge in [-0.15, -0.1) is 0 Å². The van der Waals surface area contributed by atoms with E-state index < -0.39 is 0 Å². The van der Waals surface area contributed by atoms with Crippen LogP contribution in [-0.2, 0) is 20.5 Å². The zero-order valence-electron chi connectivity index (χ0n) is 15.1. The molecule has 0 bridgehead atoms. The molecular formula is C21H19ClF2N2. The highest BCUT2D eigenvalue weighted by Crippen LogP contribution is 2.34. The summed E-state index contributed by atoms with van der Waals surface area (Å²) in [4.78, 5) is 0. The molecule has 2 heterocycles. The fraction of sp³-hybridized carbons (Fsp3) is 0.238. The molecule has 2 aromatic carbocycles. The Kier molecular flexibility index (Phi) is 3.85. The van der Waals surface area contributed by atoms with Crippen molar-refractivity contribution in [2.45, 2.75) is 20.3 Å². The molecule has 5 heteroatoms. The van der Waals surface area contributed by atoms with Crippen molar-refractivity contribution in [1.29, 1.82) is 0 Å². The molecule has 0 N–H and O–H groups in total. The van der Waals surface area contributed by atoms with E-state index >= 15 is 0 Å². The number of benzene rings is 2. The number of nitrogens with zero attached hydrogens (tertiary/aromatic N) is 2. The fourth-order valence-electron chi connectivity index (χ4n) is 3.75.